The van der Waals surface area contributed by atoms with Gasteiger partial charge in [0.05, 0.1) is 39.8 Å². The molecule has 4 aromatic rings. The van der Waals surface area contributed by atoms with E-state index in [-0.39, 0.29) is 0 Å². The summed E-state index contributed by atoms with van der Waals surface area (Å²) in [6.07, 6.45) is 1.74. The smallest absolute Gasteiger partial charge is 0.229 e. The molecule has 10 nitrogen and oxygen atoms in total. The third-order valence-electron chi connectivity index (χ3n) is 7.17. The molecule has 0 saturated carbocycles. The maximum atomic E-state index is 6.16. The van der Waals surface area contributed by atoms with Crippen molar-refractivity contribution in [3.63, 3.8) is 0 Å². The molecule has 0 unspecified atom stereocenters. The summed E-state index contributed by atoms with van der Waals surface area (Å²) in [4.78, 5) is 13.9. The van der Waals surface area contributed by atoms with Crippen molar-refractivity contribution in [3.8, 4) is 11.5 Å². The van der Waals surface area contributed by atoms with Gasteiger partial charge in [-0.3, -0.25) is 5.43 Å². The molecule has 0 aliphatic carbocycles. The molecule has 0 spiro atoms. The van der Waals surface area contributed by atoms with E-state index in [2.05, 4.69) is 50.7 Å². The molecule has 2 fully saturated rings. The first-order chi connectivity index (χ1) is 20.3. The molecule has 3 heterocycles. The minimum atomic E-state index is 0.442. The van der Waals surface area contributed by atoms with Crippen molar-refractivity contribution < 1.29 is 18.9 Å². The number of nitrogens with zero attached hydrogens (tertiary/aromatic N) is 5. The van der Waals surface area contributed by atoms with Gasteiger partial charge < -0.3 is 28.7 Å². The lowest BCUT2D eigenvalue weighted by molar-refractivity contribution is 0.121. The van der Waals surface area contributed by atoms with Crippen molar-refractivity contribution in [2.45, 2.75) is 6.61 Å². The molecule has 3 aromatic carbocycles. The zero-order valence-electron chi connectivity index (χ0n) is 23.2. The molecule has 2 aliphatic rings. The Balaban J connectivity index is 1.16. The summed E-state index contributed by atoms with van der Waals surface area (Å²) < 4.78 is 22.8. The van der Waals surface area contributed by atoms with Crippen molar-refractivity contribution >= 4 is 34.6 Å². The molecule has 0 bridgehead atoms. The number of nitrogens with one attached hydrogen (secondary N) is 1. The highest BCUT2D eigenvalue weighted by Crippen LogP contribution is 2.29. The van der Waals surface area contributed by atoms with Crippen LogP contribution in [0.1, 0.15) is 11.1 Å². The van der Waals surface area contributed by atoms with Crippen LogP contribution in [0.25, 0.3) is 10.8 Å². The van der Waals surface area contributed by atoms with Crippen molar-refractivity contribution in [3.05, 3.63) is 77.9 Å². The fourth-order valence-corrected chi connectivity index (χ4v) is 4.97. The molecule has 0 amide bonds. The molecule has 10 heteroatoms. The van der Waals surface area contributed by atoms with Gasteiger partial charge >= 0.3 is 0 Å². The largest absolute Gasteiger partial charge is 0.493 e. The number of rotatable bonds is 9. The molecular weight excluding hydrogens is 520 g/mol. The van der Waals surface area contributed by atoms with Crippen molar-refractivity contribution in [1.29, 1.82) is 0 Å². The molecule has 1 aromatic heterocycles. The van der Waals surface area contributed by atoms with Crippen LogP contribution in [0.3, 0.4) is 0 Å². The van der Waals surface area contributed by atoms with E-state index in [0.717, 1.165) is 43.1 Å². The van der Waals surface area contributed by atoms with Crippen LogP contribution in [-0.2, 0) is 16.1 Å². The summed E-state index contributed by atoms with van der Waals surface area (Å²) in [5.74, 6) is 3.47. The third kappa shape index (κ3) is 6.50. The van der Waals surface area contributed by atoms with Gasteiger partial charge in [0.1, 0.15) is 12.4 Å². The molecular formula is C31H34N6O4. The van der Waals surface area contributed by atoms with Crippen molar-refractivity contribution in [2.24, 2.45) is 5.10 Å². The van der Waals surface area contributed by atoms with Gasteiger partial charge in [0, 0.05) is 32.2 Å². The lowest BCUT2D eigenvalue weighted by Crippen LogP contribution is -2.39. The summed E-state index contributed by atoms with van der Waals surface area (Å²) in [5.41, 5.74) is 5.08. The highest BCUT2D eigenvalue weighted by molar-refractivity contribution is 5.85. The van der Waals surface area contributed by atoms with Crippen LogP contribution in [0.5, 0.6) is 11.5 Å². The highest BCUT2D eigenvalue weighted by Gasteiger charge is 2.19. The number of benzene rings is 3. The minimum Gasteiger partial charge on any atom is -0.493 e. The lowest BCUT2D eigenvalue weighted by Gasteiger charge is -2.31. The zero-order valence-corrected chi connectivity index (χ0v) is 23.2. The highest BCUT2D eigenvalue weighted by atomic mass is 16.5. The van der Waals surface area contributed by atoms with Gasteiger partial charge in [-0.05, 0) is 40.1 Å². The Morgan fingerprint density at radius 1 is 0.854 bits per heavy atom. The zero-order chi connectivity index (χ0) is 27.9. The van der Waals surface area contributed by atoms with Crippen molar-refractivity contribution in [2.75, 3.05) is 74.9 Å². The standard InChI is InChI=1S/C31H34N6O4/c1-38-28-19-23(9-10-27(28)41-22-25-7-4-6-24-5-2-3-8-26(24)25)21-32-35-29-20-30(36-11-15-39-16-12-36)34-31(33-29)37-13-17-40-18-14-37/h2-10,19-21H,11-18,22H2,1H3,(H,33,34,35). The normalized spacial score (nSPS) is 15.8. The average Bonchev–Trinajstić information content (AvgIpc) is 3.04. The van der Waals surface area contributed by atoms with Crippen LogP contribution < -0.4 is 24.7 Å². The predicted octanol–water partition coefficient (Wildman–Crippen LogP) is 4.34. The van der Waals surface area contributed by atoms with E-state index in [4.69, 9.17) is 28.9 Å². The number of hydrogen-bond acceptors (Lipinski definition) is 10. The van der Waals surface area contributed by atoms with E-state index >= 15 is 0 Å². The van der Waals surface area contributed by atoms with E-state index in [0.29, 0.717) is 56.3 Å². The topological polar surface area (TPSA) is 93.6 Å². The van der Waals surface area contributed by atoms with Gasteiger partial charge in [-0.15, -0.1) is 0 Å². The number of anilines is 3. The van der Waals surface area contributed by atoms with Crippen LogP contribution in [-0.4, -0.2) is 75.9 Å². The lowest BCUT2D eigenvalue weighted by atomic mass is 10.1. The van der Waals surface area contributed by atoms with Gasteiger partial charge in [0.15, 0.2) is 17.3 Å². The number of methoxy groups -OCH3 is 1. The van der Waals surface area contributed by atoms with Gasteiger partial charge in [-0.25, -0.2) is 0 Å². The minimum absolute atomic E-state index is 0.442. The molecule has 41 heavy (non-hydrogen) atoms. The first kappa shape index (κ1) is 26.8. The van der Waals surface area contributed by atoms with E-state index < -0.39 is 0 Å². The first-order valence-electron chi connectivity index (χ1n) is 13.9. The molecule has 1 N–H and O–H groups in total. The summed E-state index contributed by atoms with van der Waals surface area (Å²) in [7, 11) is 1.64. The van der Waals surface area contributed by atoms with Crippen LogP contribution in [0, 0.1) is 0 Å². The monoisotopic (exact) mass is 554 g/mol. The Kier molecular flexibility index (Phi) is 8.39. The van der Waals surface area contributed by atoms with E-state index in [1.807, 2.05) is 36.4 Å². The van der Waals surface area contributed by atoms with Gasteiger partial charge in [0.2, 0.25) is 5.95 Å². The number of hydrogen-bond donors (Lipinski definition) is 1. The SMILES string of the molecule is COc1cc(C=NNc2cc(N3CCOCC3)nc(N3CCOCC3)n2)ccc1OCc1cccc2ccccc12. The van der Waals surface area contributed by atoms with E-state index in [1.165, 1.54) is 10.8 Å². The summed E-state index contributed by atoms with van der Waals surface area (Å²) in [6, 6.07) is 22.2. The quantitative estimate of drug-likeness (QED) is 0.240. The predicted molar refractivity (Wildman–Crippen MR) is 161 cm³/mol. The number of fused-ring (bicyclic) bond motifs is 1. The van der Waals surface area contributed by atoms with Crippen LogP contribution in [0.2, 0.25) is 0 Å². The Hall–Kier alpha value is -4.41. The van der Waals surface area contributed by atoms with E-state index in [1.54, 1.807) is 13.3 Å². The second-order valence-electron chi connectivity index (χ2n) is 9.82. The summed E-state index contributed by atoms with van der Waals surface area (Å²) in [5, 5.41) is 6.84. The van der Waals surface area contributed by atoms with E-state index in [9.17, 15) is 0 Å². The maximum Gasteiger partial charge on any atom is 0.229 e. The molecule has 0 radical (unpaired) electrons. The second-order valence-corrected chi connectivity index (χ2v) is 9.82. The Labute approximate surface area is 239 Å². The van der Waals surface area contributed by atoms with Crippen molar-refractivity contribution in [1.82, 2.24) is 9.97 Å². The maximum absolute atomic E-state index is 6.16. The van der Waals surface area contributed by atoms with Crippen LogP contribution in [0.4, 0.5) is 17.6 Å². The molecule has 2 aliphatic heterocycles. The van der Waals surface area contributed by atoms with Gasteiger partial charge in [-0.1, -0.05) is 42.5 Å². The number of morpholine rings is 2. The number of aromatic nitrogens is 2. The molecule has 0 atom stereocenters. The third-order valence-corrected chi connectivity index (χ3v) is 7.17. The number of ether oxygens (including phenoxy) is 4. The Bertz CT molecular complexity index is 1460. The fourth-order valence-electron chi connectivity index (χ4n) is 4.97. The second kappa shape index (κ2) is 12.8. The fraction of sp³-hybridized carbons (Fsp3) is 0.323. The average molecular weight is 555 g/mol. The molecule has 2 saturated heterocycles. The molecule has 212 valence electrons. The van der Waals surface area contributed by atoms with Gasteiger partial charge in [0.25, 0.3) is 0 Å². The molecule has 6 rings (SSSR count). The Morgan fingerprint density at radius 3 is 2.41 bits per heavy atom. The van der Waals surface area contributed by atoms with Crippen LogP contribution in [0.15, 0.2) is 71.8 Å². The summed E-state index contributed by atoms with van der Waals surface area (Å²) >= 11 is 0. The Morgan fingerprint density at radius 2 is 1.61 bits per heavy atom. The number of hydrazone groups is 1. The first-order valence-corrected chi connectivity index (χ1v) is 13.9. The van der Waals surface area contributed by atoms with Gasteiger partial charge in [-0.2, -0.15) is 15.1 Å². The summed E-state index contributed by atoms with van der Waals surface area (Å²) in [6.45, 7) is 6.22. The van der Waals surface area contributed by atoms with Crippen LogP contribution >= 0.6 is 0 Å².